The molecule has 0 saturated heterocycles. The Balaban J connectivity index is 1.64. The van der Waals surface area contributed by atoms with Gasteiger partial charge < -0.3 is 10.1 Å². The van der Waals surface area contributed by atoms with Crippen molar-refractivity contribution in [3.8, 4) is 5.69 Å². The van der Waals surface area contributed by atoms with Gasteiger partial charge in [-0.25, -0.2) is 9.48 Å². The van der Waals surface area contributed by atoms with Crippen molar-refractivity contribution in [3.63, 3.8) is 0 Å². The number of para-hydroxylation sites is 1. The number of rotatable bonds is 5. The number of hydrogen-bond acceptors (Lipinski definition) is 4. The van der Waals surface area contributed by atoms with E-state index in [4.69, 9.17) is 27.9 Å². The van der Waals surface area contributed by atoms with Crippen LogP contribution in [0.15, 0.2) is 60.9 Å². The van der Waals surface area contributed by atoms with E-state index in [1.54, 1.807) is 65.6 Å². The van der Waals surface area contributed by atoms with Gasteiger partial charge in [-0.2, -0.15) is 5.10 Å². The molecule has 0 aliphatic carbocycles. The molecule has 0 aliphatic rings. The molecule has 1 amide bonds. The van der Waals surface area contributed by atoms with E-state index in [2.05, 4.69) is 10.4 Å². The van der Waals surface area contributed by atoms with Crippen LogP contribution in [0.5, 0.6) is 0 Å². The number of amides is 1. The lowest BCUT2D eigenvalue weighted by Gasteiger charge is -2.15. The fourth-order valence-electron chi connectivity index (χ4n) is 2.30. The van der Waals surface area contributed by atoms with Gasteiger partial charge >= 0.3 is 5.97 Å². The van der Waals surface area contributed by atoms with Gasteiger partial charge in [0.1, 0.15) is 0 Å². The molecule has 0 radical (unpaired) electrons. The second-order valence-electron chi connectivity index (χ2n) is 5.63. The average molecular weight is 404 g/mol. The van der Waals surface area contributed by atoms with E-state index in [0.29, 0.717) is 15.6 Å². The number of anilines is 1. The van der Waals surface area contributed by atoms with Gasteiger partial charge in [0.15, 0.2) is 6.10 Å². The lowest BCUT2D eigenvalue weighted by atomic mass is 10.2. The summed E-state index contributed by atoms with van der Waals surface area (Å²) in [5.41, 5.74) is 1.40. The highest BCUT2D eigenvalue weighted by atomic mass is 35.5. The average Bonchev–Trinajstić information content (AvgIpc) is 3.19. The number of aromatic nitrogens is 2. The van der Waals surface area contributed by atoms with E-state index >= 15 is 0 Å². The van der Waals surface area contributed by atoms with Gasteiger partial charge in [-0.15, -0.1) is 0 Å². The second-order valence-corrected chi connectivity index (χ2v) is 6.45. The fourth-order valence-corrected chi connectivity index (χ4v) is 2.79. The molecule has 0 aliphatic heterocycles. The first-order chi connectivity index (χ1) is 13.0. The number of carbonyl (C=O) groups excluding carboxylic acids is 2. The van der Waals surface area contributed by atoms with E-state index in [9.17, 15) is 9.59 Å². The van der Waals surface area contributed by atoms with Crippen molar-refractivity contribution in [2.24, 2.45) is 0 Å². The van der Waals surface area contributed by atoms with Crippen molar-refractivity contribution in [3.05, 3.63) is 76.5 Å². The maximum atomic E-state index is 12.3. The van der Waals surface area contributed by atoms with Crippen molar-refractivity contribution >= 4 is 40.8 Å². The lowest BCUT2D eigenvalue weighted by Crippen LogP contribution is -2.30. The summed E-state index contributed by atoms with van der Waals surface area (Å²) >= 11 is 12.0. The number of benzene rings is 2. The van der Waals surface area contributed by atoms with Crippen LogP contribution in [0, 0.1) is 0 Å². The lowest BCUT2D eigenvalue weighted by molar-refractivity contribution is -0.123. The van der Waals surface area contributed by atoms with Gasteiger partial charge in [0.25, 0.3) is 5.91 Å². The molecule has 27 heavy (non-hydrogen) atoms. The number of nitrogens with one attached hydrogen (secondary N) is 1. The zero-order chi connectivity index (χ0) is 19.4. The molecule has 0 spiro atoms. The molecule has 1 N–H and O–H groups in total. The summed E-state index contributed by atoms with van der Waals surface area (Å²) in [5.74, 6) is -1.15. The monoisotopic (exact) mass is 403 g/mol. The van der Waals surface area contributed by atoms with Crippen LogP contribution in [-0.2, 0) is 9.53 Å². The Bertz CT molecular complexity index is 937. The van der Waals surface area contributed by atoms with E-state index in [1.807, 2.05) is 0 Å². The van der Waals surface area contributed by atoms with Gasteiger partial charge in [0.2, 0.25) is 0 Å². The molecule has 6 nitrogen and oxygen atoms in total. The zero-order valence-electron chi connectivity index (χ0n) is 14.2. The first-order valence-electron chi connectivity index (χ1n) is 8.01. The molecule has 0 bridgehead atoms. The molecule has 3 aromatic rings. The number of hydrogen-bond donors (Lipinski definition) is 1. The third-order valence-electron chi connectivity index (χ3n) is 3.74. The van der Waals surface area contributed by atoms with Crippen LogP contribution in [-0.4, -0.2) is 27.8 Å². The van der Waals surface area contributed by atoms with E-state index in [-0.39, 0.29) is 5.69 Å². The predicted octanol–water partition coefficient (Wildman–Crippen LogP) is 4.36. The van der Waals surface area contributed by atoms with Gasteiger partial charge in [0.05, 0.1) is 27.0 Å². The topological polar surface area (TPSA) is 73.2 Å². The highest BCUT2D eigenvalue weighted by Crippen LogP contribution is 2.30. The molecule has 0 fully saturated rings. The van der Waals surface area contributed by atoms with E-state index < -0.39 is 18.0 Å². The Hall–Kier alpha value is -2.83. The number of ether oxygens (including phenoxy) is 1. The Morgan fingerprint density at radius 3 is 2.33 bits per heavy atom. The number of esters is 1. The smallest absolute Gasteiger partial charge is 0.338 e. The second kappa shape index (κ2) is 8.24. The number of carbonyl (C=O) groups is 2. The Kier molecular flexibility index (Phi) is 5.78. The van der Waals surface area contributed by atoms with Crippen molar-refractivity contribution < 1.29 is 14.3 Å². The molecule has 1 aromatic heterocycles. The minimum Gasteiger partial charge on any atom is -0.449 e. The van der Waals surface area contributed by atoms with Crippen LogP contribution < -0.4 is 5.32 Å². The Morgan fingerprint density at radius 1 is 1.07 bits per heavy atom. The van der Waals surface area contributed by atoms with Crippen LogP contribution in [0.3, 0.4) is 0 Å². The van der Waals surface area contributed by atoms with Crippen LogP contribution in [0.1, 0.15) is 17.3 Å². The molecule has 1 heterocycles. The van der Waals surface area contributed by atoms with Crippen molar-refractivity contribution in [2.45, 2.75) is 13.0 Å². The molecular weight excluding hydrogens is 389 g/mol. The highest BCUT2D eigenvalue weighted by molar-refractivity contribution is 6.39. The van der Waals surface area contributed by atoms with Gasteiger partial charge in [-0.3, -0.25) is 4.79 Å². The van der Waals surface area contributed by atoms with Gasteiger partial charge in [0, 0.05) is 12.4 Å². The zero-order valence-corrected chi connectivity index (χ0v) is 15.7. The minimum absolute atomic E-state index is 0.275. The molecule has 3 rings (SSSR count). The molecule has 1 atom stereocenters. The molecule has 138 valence electrons. The summed E-state index contributed by atoms with van der Waals surface area (Å²) in [4.78, 5) is 24.5. The van der Waals surface area contributed by atoms with E-state index in [1.165, 1.54) is 6.92 Å². The third kappa shape index (κ3) is 4.48. The molecule has 0 saturated carbocycles. The standard InChI is InChI=1S/C19H15Cl2N3O3/c1-12(18(25)23-17-15(20)4-2-5-16(17)21)27-19(26)13-6-8-14(9-7-13)24-11-3-10-22-24/h2-12H,1H3,(H,23,25)/t12-/m0/s1. The van der Waals surface area contributed by atoms with Crippen LogP contribution in [0.25, 0.3) is 5.69 Å². The van der Waals surface area contributed by atoms with Crippen LogP contribution in [0.2, 0.25) is 10.0 Å². The third-order valence-corrected chi connectivity index (χ3v) is 4.37. The van der Waals surface area contributed by atoms with Crippen LogP contribution in [0.4, 0.5) is 5.69 Å². The minimum atomic E-state index is -1.03. The molecule has 2 aromatic carbocycles. The summed E-state index contributed by atoms with van der Waals surface area (Å²) in [6.45, 7) is 1.47. The SMILES string of the molecule is C[C@H](OC(=O)c1ccc(-n2cccn2)cc1)C(=O)Nc1c(Cl)cccc1Cl. The Morgan fingerprint density at radius 2 is 1.74 bits per heavy atom. The van der Waals surface area contributed by atoms with Crippen molar-refractivity contribution in [1.29, 1.82) is 0 Å². The van der Waals surface area contributed by atoms with Gasteiger partial charge in [-0.1, -0.05) is 29.3 Å². The Labute approximate surface area is 165 Å². The van der Waals surface area contributed by atoms with Crippen molar-refractivity contribution in [1.82, 2.24) is 9.78 Å². The van der Waals surface area contributed by atoms with E-state index in [0.717, 1.165) is 5.69 Å². The maximum Gasteiger partial charge on any atom is 0.338 e. The van der Waals surface area contributed by atoms with Crippen molar-refractivity contribution in [2.75, 3.05) is 5.32 Å². The highest BCUT2D eigenvalue weighted by Gasteiger charge is 2.20. The largest absolute Gasteiger partial charge is 0.449 e. The quantitative estimate of drug-likeness (QED) is 0.642. The summed E-state index contributed by atoms with van der Waals surface area (Å²) in [5, 5.41) is 7.27. The molecule has 0 unspecified atom stereocenters. The first kappa shape index (κ1) is 18.9. The summed E-state index contributed by atoms with van der Waals surface area (Å²) in [6.07, 6.45) is 2.42. The summed E-state index contributed by atoms with van der Waals surface area (Å²) in [7, 11) is 0. The predicted molar refractivity (Wildman–Crippen MR) is 104 cm³/mol. The summed E-state index contributed by atoms with van der Waals surface area (Å²) < 4.78 is 6.89. The number of nitrogens with zero attached hydrogens (tertiary/aromatic N) is 2. The molecule has 8 heteroatoms. The van der Waals surface area contributed by atoms with Gasteiger partial charge in [-0.05, 0) is 49.4 Å². The fraction of sp³-hybridized carbons (Fsp3) is 0.105. The summed E-state index contributed by atoms with van der Waals surface area (Å²) in [6, 6.07) is 13.3. The van der Waals surface area contributed by atoms with Crippen LogP contribution >= 0.6 is 23.2 Å². The molecular formula is C19H15Cl2N3O3. The first-order valence-corrected chi connectivity index (χ1v) is 8.77. The number of halogens is 2. The maximum absolute atomic E-state index is 12.3. The normalized spacial score (nSPS) is 11.7.